The quantitative estimate of drug-likeness (QED) is 0.375. The number of carboxylic acid groups (broad SMARTS) is 2. The Kier molecular flexibility index (Phi) is 5.95. The van der Waals surface area contributed by atoms with Crippen LogP contribution >= 0.6 is 7.81 Å². The van der Waals surface area contributed by atoms with Gasteiger partial charge >= 0.3 is 44.9 Å². The van der Waals surface area contributed by atoms with Crippen LogP contribution in [-0.2, 0) is 12.6 Å². The second-order valence-corrected chi connectivity index (χ2v) is 7.74. The van der Waals surface area contributed by atoms with Gasteiger partial charge in [0.05, 0.1) is 11.1 Å². The molecule has 0 heterocycles. The van der Waals surface area contributed by atoms with E-state index in [1.165, 1.54) is 24.3 Å². The Morgan fingerprint density at radius 1 is 0.704 bits per heavy atom. The van der Waals surface area contributed by atoms with Gasteiger partial charge in [0.2, 0.25) is 0 Å². The van der Waals surface area contributed by atoms with Gasteiger partial charge in [0.25, 0.3) is 0 Å². The van der Waals surface area contributed by atoms with Gasteiger partial charge in [0.1, 0.15) is 0 Å². The van der Waals surface area contributed by atoms with Crippen molar-refractivity contribution < 1.29 is 45.0 Å². The molecule has 0 aromatic heterocycles. The molecular weight excluding hydrogens is 421 g/mol. The summed E-state index contributed by atoms with van der Waals surface area (Å²) < 4.78 is 59.2. The molecule has 2 N–H and O–H groups in total. The maximum Gasteiger partial charge on any atom is 0.335 e. The summed E-state index contributed by atoms with van der Waals surface area (Å²) in [6, 6.07) is 13.1. The van der Waals surface area contributed by atoms with Gasteiger partial charge in [-0.25, -0.2) is 9.59 Å². The second-order valence-electron chi connectivity index (χ2n) is 5.25. The third-order valence-electron chi connectivity index (χ3n) is 2.98. The van der Waals surface area contributed by atoms with Crippen molar-refractivity contribution in [1.82, 2.24) is 0 Å². The zero-order valence-corrected chi connectivity index (χ0v) is 15.0. The van der Waals surface area contributed by atoms with Crippen LogP contribution in [0.5, 0.6) is 0 Å². The summed E-state index contributed by atoms with van der Waals surface area (Å²) in [5, 5.41) is 17.6. The van der Waals surface area contributed by atoms with E-state index in [9.17, 15) is 34.8 Å². The number of hydrogen-bond donors (Lipinski definition) is 2. The van der Waals surface area contributed by atoms with Crippen LogP contribution < -0.4 is 0 Å². The molecule has 2 aromatic rings. The molecule has 0 amide bonds. The summed E-state index contributed by atoms with van der Waals surface area (Å²) in [6.45, 7) is 0. The molecule has 0 saturated carbocycles. The van der Waals surface area contributed by atoms with Gasteiger partial charge < -0.3 is 10.2 Å². The Bertz CT molecular complexity index is 767. The van der Waals surface area contributed by atoms with Crippen LogP contribution in [0.4, 0.5) is 25.2 Å². The van der Waals surface area contributed by atoms with Crippen molar-refractivity contribution >= 4 is 32.4 Å². The van der Waals surface area contributed by atoms with Crippen molar-refractivity contribution in [2.24, 2.45) is 0 Å². The molecule has 27 heavy (non-hydrogen) atoms. The predicted octanol–water partition coefficient (Wildman–Crippen LogP) is 5.57. The average molecular weight is 434 g/mol. The van der Waals surface area contributed by atoms with Crippen molar-refractivity contribution in [3.8, 4) is 0 Å². The van der Waals surface area contributed by atoms with Crippen molar-refractivity contribution in [2.75, 3.05) is 0 Å². The van der Waals surface area contributed by atoms with Gasteiger partial charge in [-0.15, -0.1) is 0 Å². The van der Waals surface area contributed by atoms with Crippen LogP contribution in [0, 0.1) is 0 Å². The summed E-state index contributed by atoms with van der Waals surface area (Å²) in [5.41, 5.74) is 2.26. The van der Waals surface area contributed by atoms with Crippen molar-refractivity contribution in [3.05, 3.63) is 70.8 Å². The first-order valence-corrected chi connectivity index (χ1v) is 9.48. The first-order valence-electron chi connectivity index (χ1n) is 6.88. The molecular formula is C15H13F6O4PS. The van der Waals surface area contributed by atoms with E-state index < -0.39 is 19.7 Å². The van der Waals surface area contributed by atoms with E-state index in [0.29, 0.717) is 0 Å². The summed E-state index contributed by atoms with van der Waals surface area (Å²) in [6.07, 6.45) is 0. The van der Waals surface area contributed by atoms with E-state index in [2.05, 4.69) is 12.6 Å². The second kappa shape index (κ2) is 7.05. The third kappa shape index (κ3) is 9.86. The molecule has 0 atom stereocenters. The van der Waals surface area contributed by atoms with Crippen LogP contribution in [-0.4, -0.2) is 22.2 Å². The van der Waals surface area contributed by atoms with Gasteiger partial charge in [-0.3, -0.25) is 0 Å². The van der Waals surface area contributed by atoms with Crippen molar-refractivity contribution in [2.45, 2.75) is 5.25 Å². The molecule has 0 aliphatic rings. The Balaban J connectivity index is 0.000000445. The summed E-state index contributed by atoms with van der Waals surface area (Å²) in [4.78, 5) is 21.6. The molecule has 0 radical (unpaired) electrons. The van der Waals surface area contributed by atoms with E-state index in [-0.39, 0.29) is 16.4 Å². The van der Waals surface area contributed by atoms with E-state index in [4.69, 9.17) is 10.2 Å². The van der Waals surface area contributed by atoms with Gasteiger partial charge in [0, 0.05) is 11.1 Å². The molecule has 4 nitrogen and oxygen atoms in total. The fraction of sp³-hybridized carbons (Fsp3) is 0.0667. The molecule has 12 heteroatoms. The van der Waals surface area contributed by atoms with Gasteiger partial charge in [0.15, 0.2) is 5.25 Å². The largest absolute Gasteiger partial charge is 0.478 e. The molecule has 0 saturated heterocycles. The number of benzene rings is 2. The van der Waals surface area contributed by atoms with Crippen LogP contribution in [0.25, 0.3) is 0 Å². The molecule has 0 unspecified atom stereocenters. The summed E-state index contributed by atoms with van der Waals surface area (Å²) in [5.74, 6) is -1.93. The Hall–Kier alpha value is -2.26. The third-order valence-corrected chi connectivity index (χ3v) is 3.65. The predicted molar refractivity (Wildman–Crippen MR) is 92.4 cm³/mol. The fourth-order valence-corrected chi connectivity index (χ4v) is 2.21. The SMILES string of the molecule is F[P-](F)(F)(F)(F)F.O=C(O)c1ccc(C([SH2+])c2ccc(C(=O)O)cc2)cc1. The molecule has 0 bridgehead atoms. The zero-order valence-electron chi connectivity index (χ0n) is 13.1. The van der Waals surface area contributed by atoms with E-state index in [0.717, 1.165) is 11.1 Å². The van der Waals surface area contributed by atoms with Gasteiger partial charge in [-0.2, -0.15) is 0 Å². The number of aromatic carboxylic acids is 2. The van der Waals surface area contributed by atoms with E-state index in [1.54, 1.807) is 24.3 Å². The monoisotopic (exact) mass is 434 g/mol. The standard InChI is InChI=1S/C15H12O4S.F6P/c16-14(17)11-5-1-9(2-6-11)13(20)10-3-7-12(8-4-10)15(18)19;1-7(2,3,4,5)6/h1-8,13,20H,(H,16,17)(H,18,19);/q;-1/p+1. The fourth-order valence-electron chi connectivity index (χ4n) is 1.83. The molecule has 0 aliphatic carbocycles. The Morgan fingerprint density at radius 3 is 1.11 bits per heavy atom. The number of halogens is 6. The minimum Gasteiger partial charge on any atom is -0.478 e. The number of carbonyl (C=O) groups is 2. The van der Waals surface area contributed by atoms with Gasteiger partial charge in [-0.1, -0.05) is 24.3 Å². The normalized spacial score (nSPS) is 13.8. The minimum atomic E-state index is -10.7. The van der Waals surface area contributed by atoms with Crippen LogP contribution in [0.15, 0.2) is 48.5 Å². The first kappa shape index (κ1) is 22.8. The zero-order chi connectivity index (χ0) is 21.1. The molecule has 2 aromatic carbocycles. The number of rotatable bonds is 4. The number of carboxylic acids is 2. The van der Waals surface area contributed by atoms with Crippen LogP contribution in [0.3, 0.4) is 0 Å². The Labute approximate surface area is 154 Å². The van der Waals surface area contributed by atoms with Crippen LogP contribution in [0.1, 0.15) is 37.1 Å². The van der Waals surface area contributed by atoms with Gasteiger partial charge in [-0.05, 0) is 36.9 Å². The smallest absolute Gasteiger partial charge is 0.335 e. The number of hydrogen-bond acceptors (Lipinski definition) is 2. The van der Waals surface area contributed by atoms with Crippen LogP contribution in [0.2, 0.25) is 0 Å². The molecule has 150 valence electrons. The molecule has 0 fully saturated rings. The van der Waals surface area contributed by atoms with E-state index >= 15 is 0 Å². The average Bonchev–Trinajstić information content (AvgIpc) is 2.51. The summed E-state index contributed by atoms with van der Waals surface area (Å²) in [7, 11) is -10.7. The maximum atomic E-state index is 10.8. The first-order chi connectivity index (χ1) is 11.9. The topological polar surface area (TPSA) is 74.6 Å². The molecule has 0 aliphatic heterocycles. The minimum absolute atomic E-state index is 0.124. The summed E-state index contributed by atoms with van der Waals surface area (Å²) >= 11 is 3.58. The maximum absolute atomic E-state index is 10.8. The van der Waals surface area contributed by atoms with Crippen molar-refractivity contribution in [1.29, 1.82) is 0 Å². The molecule has 0 spiro atoms. The molecule has 2 rings (SSSR count). The Morgan fingerprint density at radius 2 is 0.926 bits per heavy atom. The van der Waals surface area contributed by atoms with Crippen molar-refractivity contribution in [3.63, 3.8) is 0 Å². The van der Waals surface area contributed by atoms with E-state index in [1.807, 2.05) is 0 Å².